The molecule has 1 amide bonds. The molecule has 21 heavy (non-hydrogen) atoms. The number of benzene rings is 2. The Hall–Kier alpha value is -2.49. The van der Waals surface area contributed by atoms with E-state index in [1.165, 1.54) is 0 Å². The highest BCUT2D eigenvalue weighted by Gasteiger charge is 2.29. The lowest BCUT2D eigenvalue weighted by molar-refractivity contribution is 0.0766. The maximum Gasteiger partial charge on any atom is 0.255 e. The van der Waals surface area contributed by atoms with Crippen molar-refractivity contribution in [1.29, 1.82) is 0 Å². The highest BCUT2D eigenvalue weighted by atomic mass is 16.5. The maximum atomic E-state index is 12.5. The van der Waals surface area contributed by atoms with Gasteiger partial charge in [0.1, 0.15) is 11.5 Å². The van der Waals surface area contributed by atoms with Crippen LogP contribution in [-0.2, 0) is 13.1 Å². The molecule has 0 spiro atoms. The second-order valence-corrected chi connectivity index (χ2v) is 5.31. The average molecular weight is 283 g/mol. The molecular formula is C17H17NO3. The summed E-state index contributed by atoms with van der Waals surface area (Å²) in [6, 6.07) is 10.8. The topological polar surface area (TPSA) is 49.8 Å². The van der Waals surface area contributed by atoms with Crippen LogP contribution in [0.4, 0.5) is 0 Å². The molecule has 1 N–H and O–H groups in total. The lowest BCUT2D eigenvalue weighted by Crippen LogP contribution is -2.23. The van der Waals surface area contributed by atoms with Crippen molar-refractivity contribution in [2.24, 2.45) is 0 Å². The molecule has 0 bridgehead atoms. The number of amides is 1. The molecule has 0 saturated carbocycles. The highest BCUT2D eigenvalue weighted by Crippen LogP contribution is 2.31. The van der Waals surface area contributed by atoms with Crippen LogP contribution < -0.4 is 4.74 Å². The van der Waals surface area contributed by atoms with Crippen molar-refractivity contribution in [2.75, 3.05) is 7.11 Å². The molecule has 0 atom stereocenters. The number of ether oxygens (including phenoxy) is 1. The van der Waals surface area contributed by atoms with E-state index < -0.39 is 0 Å². The monoisotopic (exact) mass is 283 g/mol. The molecular weight excluding hydrogens is 266 g/mol. The summed E-state index contributed by atoms with van der Waals surface area (Å²) in [6.07, 6.45) is 0. The number of phenolic OH excluding ortho intramolecular Hbond substituents is 1. The fourth-order valence-electron chi connectivity index (χ4n) is 2.76. The minimum Gasteiger partial charge on any atom is -0.508 e. The van der Waals surface area contributed by atoms with Gasteiger partial charge in [-0.05, 0) is 47.9 Å². The molecule has 0 unspecified atom stereocenters. The van der Waals surface area contributed by atoms with Crippen molar-refractivity contribution in [2.45, 2.75) is 20.0 Å². The number of hydrogen-bond acceptors (Lipinski definition) is 3. The molecule has 3 rings (SSSR count). The standard InChI is InChI=1S/C17H17NO3/c1-11-7-15(21-2)8-13-10-18(17(20)16(11)13)9-12-3-5-14(19)6-4-12/h3-8,19H,9-10H2,1-2H3. The first-order valence-corrected chi connectivity index (χ1v) is 6.83. The normalized spacial score (nSPS) is 13.4. The molecule has 1 aliphatic heterocycles. The van der Waals surface area contributed by atoms with E-state index in [0.29, 0.717) is 13.1 Å². The van der Waals surface area contributed by atoms with Crippen LogP contribution in [0, 0.1) is 6.92 Å². The van der Waals surface area contributed by atoms with Gasteiger partial charge in [0.05, 0.1) is 7.11 Å². The minimum absolute atomic E-state index is 0.0539. The van der Waals surface area contributed by atoms with E-state index in [1.54, 1.807) is 19.2 Å². The number of carbonyl (C=O) groups excluding carboxylic acids is 1. The van der Waals surface area contributed by atoms with Gasteiger partial charge in [0.25, 0.3) is 5.91 Å². The summed E-state index contributed by atoms with van der Waals surface area (Å²) >= 11 is 0. The van der Waals surface area contributed by atoms with Crippen LogP contribution in [0.3, 0.4) is 0 Å². The van der Waals surface area contributed by atoms with Gasteiger partial charge in [0, 0.05) is 18.7 Å². The quantitative estimate of drug-likeness (QED) is 0.942. The van der Waals surface area contributed by atoms with Gasteiger partial charge in [0.2, 0.25) is 0 Å². The van der Waals surface area contributed by atoms with E-state index in [4.69, 9.17) is 4.74 Å². The molecule has 108 valence electrons. The Morgan fingerprint density at radius 3 is 2.62 bits per heavy atom. The van der Waals surface area contributed by atoms with Gasteiger partial charge in [-0.25, -0.2) is 0 Å². The number of fused-ring (bicyclic) bond motifs is 1. The Kier molecular flexibility index (Phi) is 3.29. The largest absolute Gasteiger partial charge is 0.508 e. The van der Waals surface area contributed by atoms with Gasteiger partial charge < -0.3 is 14.7 Å². The maximum absolute atomic E-state index is 12.5. The molecule has 0 radical (unpaired) electrons. The molecule has 0 fully saturated rings. The van der Waals surface area contributed by atoms with Crippen molar-refractivity contribution in [1.82, 2.24) is 4.90 Å². The minimum atomic E-state index is 0.0539. The van der Waals surface area contributed by atoms with E-state index in [1.807, 2.05) is 36.1 Å². The second-order valence-electron chi connectivity index (χ2n) is 5.31. The van der Waals surface area contributed by atoms with Gasteiger partial charge in [-0.15, -0.1) is 0 Å². The highest BCUT2D eigenvalue weighted by molar-refractivity contribution is 5.99. The number of rotatable bonds is 3. The second kappa shape index (κ2) is 5.13. The van der Waals surface area contributed by atoms with Gasteiger partial charge in [-0.2, -0.15) is 0 Å². The van der Waals surface area contributed by atoms with Gasteiger partial charge in [-0.1, -0.05) is 12.1 Å². The van der Waals surface area contributed by atoms with Crippen molar-refractivity contribution in [3.05, 3.63) is 58.7 Å². The fourth-order valence-corrected chi connectivity index (χ4v) is 2.76. The summed E-state index contributed by atoms with van der Waals surface area (Å²) in [6.45, 7) is 3.06. The Labute approximate surface area is 123 Å². The van der Waals surface area contributed by atoms with Crippen molar-refractivity contribution >= 4 is 5.91 Å². The van der Waals surface area contributed by atoms with E-state index in [-0.39, 0.29) is 11.7 Å². The number of methoxy groups -OCH3 is 1. The summed E-state index contributed by atoms with van der Waals surface area (Å²) in [5, 5.41) is 9.31. The summed E-state index contributed by atoms with van der Waals surface area (Å²) in [5.41, 5.74) is 3.74. The Balaban J connectivity index is 1.86. The molecule has 0 aliphatic carbocycles. The van der Waals surface area contributed by atoms with E-state index in [9.17, 15) is 9.90 Å². The Morgan fingerprint density at radius 2 is 1.95 bits per heavy atom. The van der Waals surface area contributed by atoms with Crippen LogP contribution in [0.1, 0.15) is 27.0 Å². The van der Waals surface area contributed by atoms with Crippen LogP contribution in [0.15, 0.2) is 36.4 Å². The predicted molar refractivity (Wildman–Crippen MR) is 79.4 cm³/mol. The first-order chi connectivity index (χ1) is 10.1. The zero-order valence-corrected chi connectivity index (χ0v) is 12.1. The Bertz CT molecular complexity index is 692. The number of aromatic hydroxyl groups is 1. The van der Waals surface area contributed by atoms with Crippen LogP contribution in [-0.4, -0.2) is 23.0 Å². The summed E-state index contributed by atoms with van der Waals surface area (Å²) in [5.74, 6) is 1.07. The van der Waals surface area contributed by atoms with Gasteiger partial charge in [0.15, 0.2) is 0 Å². The molecule has 0 aromatic heterocycles. The van der Waals surface area contributed by atoms with Crippen molar-refractivity contribution < 1.29 is 14.6 Å². The number of phenols is 1. The van der Waals surface area contributed by atoms with Crippen LogP contribution in [0.2, 0.25) is 0 Å². The van der Waals surface area contributed by atoms with Crippen molar-refractivity contribution in [3.8, 4) is 11.5 Å². The molecule has 0 saturated heterocycles. The fraction of sp³-hybridized carbons (Fsp3) is 0.235. The first kappa shape index (κ1) is 13.5. The van der Waals surface area contributed by atoms with Gasteiger partial charge >= 0.3 is 0 Å². The number of carbonyl (C=O) groups is 1. The average Bonchev–Trinajstić information content (AvgIpc) is 2.78. The van der Waals surface area contributed by atoms with Crippen LogP contribution >= 0.6 is 0 Å². The smallest absolute Gasteiger partial charge is 0.255 e. The third-order valence-electron chi connectivity index (χ3n) is 3.80. The van der Waals surface area contributed by atoms with E-state index in [2.05, 4.69) is 0 Å². The van der Waals surface area contributed by atoms with Crippen molar-refractivity contribution in [3.63, 3.8) is 0 Å². The molecule has 4 nitrogen and oxygen atoms in total. The number of hydrogen-bond donors (Lipinski definition) is 1. The molecule has 1 heterocycles. The number of aryl methyl sites for hydroxylation is 1. The summed E-state index contributed by atoms with van der Waals surface area (Å²) in [4.78, 5) is 14.3. The zero-order valence-electron chi connectivity index (χ0n) is 12.1. The molecule has 4 heteroatoms. The first-order valence-electron chi connectivity index (χ1n) is 6.83. The third kappa shape index (κ3) is 2.44. The summed E-state index contributed by atoms with van der Waals surface area (Å²) < 4.78 is 5.26. The number of nitrogens with zero attached hydrogens (tertiary/aromatic N) is 1. The SMILES string of the molecule is COc1cc(C)c2c(c1)CN(Cc1ccc(O)cc1)C2=O. The third-order valence-corrected chi connectivity index (χ3v) is 3.80. The van der Waals surface area contributed by atoms with E-state index in [0.717, 1.165) is 28.0 Å². The van der Waals surface area contributed by atoms with Crippen LogP contribution in [0.5, 0.6) is 11.5 Å². The van der Waals surface area contributed by atoms with Gasteiger partial charge in [-0.3, -0.25) is 4.79 Å². The lowest BCUT2D eigenvalue weighted by atomic mass is 10.0. The van der Waals surface area contributed by atoms with Crippen LogP contribution in [0.25, 0.3) is 0 Å². The molecule has 2 aromatic rings. The van der Waals surface area contributed by atoms with E-state index >= 15 is 0 Å². The Morgan fingerprint density at radius 1 is 1.24 bits per heavy atom. The molecule has 1 aliphatic rings. The summed E-state index contributed by atoms with van der Waals surface area (Å²) in [7, 11) is 1.63. The lowest BCUT2D eigenvalue weighted by Gasteiger charge is -2.15. The predicted octanol–water partition coefficient (Wildman–Crippen LogP) is 2.87. The zero-order chi connectivity index (χ0) is 15.0. The molecule has 2 aromatic carbocycles.